The Hall–Kier alpha value is -2.46. The largest absolute Gasteiger partial charge is 0.355 e. The number of likely N-dealkylation sites (tertiary alicyclic amines) is 1. The fraction of sp³-hybridized carbons (Fsp3) is 0.483. The minimum atomic E-state index is -0.494. The van der Waals surface area contributed by atoms with Crippen LogP contribution in [0.15, 0.2) is 54.6 Å². The third-order valence-electron chi connectivity index (χ3n) is 8.30. The Bertz CT molecular complexity index is 999. The van der Waals surface area contributed by atoms with E-state index in [-0.39, 0.29) is 17.1 Å². The van der Waals surface area contributed by atoms with Crippen molar-refractivity contribution in [3.05, 3.63) is 77.1 Å². The van der Waals surface area contributed by atoms with Crippen molar-refractivity contribution in [3.8, 4) is 0 Å². The summed E-state index contributed by atoms with van der Waals surface area (Å²) >= 11 is 0. The number of nitrogens with zero attached hydrogens (tertiary/aromatic N) is 1. The second-order valence-electron chi connectivity index (χ2n) is 10.2. The van der Waals surface area contributed by atoms with Gasteiger partial charge in [0.25, 0.3) is 0 Å². The van der Waals surface area contributed by atoms with Crippen molar-refractivity contribution in [2.45, 2.75) is 62.2 Å². The molecule has 1 spiro atoms. The predicted octanol–water partition coefficient (Wildman–Crippen LogP) is 5.59. The summed E-state index contributed by atoms with van der Waals surface area (Å²) in [5, 5.41) is 3.24. The van der Waals surface area contributed by atoms with Crippen LogP contribution in [0, 0.1) is 5.82 Å². The van der Waals surface area contributed by atoms with Gasteiger partial charge in [-0.05, 0) is 80.6 Å². The molecule has 2 aromatic rings. The van der Waals surface area contributed by atoms with E-state index in [0.29, 0.717) is 6.54 Å². The molecule has 1 amide bonds. The van der Waals surface area contributed by atoms with E-state index in [9.17, 15) is 9.18 Å². The van der Waals surface area contributed by atoms with E-state index >= 15 is 0 Å². The number of carbonyl (C=O) groups excluding carboxylic acids is 1. The normalized spacial score (nSPS) is 21.1. The highest BCUT2D eigenvalue weighted by Gasteiger charge is 2.41. The van der Waals surface area contributed by atoms with E-state index in [2.05, 4.69) is 46.6 Å². The first-order valence-electron chi connectivity index (χ1n) is 12.7. The number of carbonyl (C=O) groups is 1. The molecule has 33 heavy (non-hydrogen) atoms. The van der Waals surface area contributed by atoms with Crippen LogP contribution in [0.25, 0.3) is 6.08 Å². The number of rotatable bonds is 6. The molecule has 3 nitrogen and oxygen atoms in total. The maximum absolute atomic E-state index is 13.5. The Morgan fingerprint density at radius 1 is 0.939 bits per heavy atom. The zero-order valence-corrected chi connectivity index (χ0v) is 19.5. The van der Waals surface area contributed by atoms with Gasteiger partial charge in [-0.3, -0.25) is 4.79 Å². The summed E-state index contributed by atoms with van der Waals surface area (Å²) in [5.74, 6) is -0.121. The van der Waals surface area contributed by atoms with Crippen molar-refractivity contribution >= 4 is 12.0 Å². The SMILES string of the molecule is O=C(NCCCN1CCC2(C=Cc3ccccc32)CC1)C1(c2ccc(F)cc2)CCCCC1. The minimum absolute atomic E-state index is 0.124. The highest BCUT2D eigenvalue weighted by atomic mass is 19.1. The molecule has 5 rings (SSSR count). The van der Waals surface area contributed by atoms with E-state index in [0.717, 1.165) is 57.3 Å². The number of allylic oxidation sites excluding steroid dienone is 1. The number of hydrogen-bond acceptors (Lipinski definition) is 2. The minimum Gasteiger partial charge on any atom is -0.355 e. The van der Waals surface area contributed by atoms with Crippen LogP contribution in [-0.4, -0.2) is 37.0 Å². The van der Waals surface area contributed by atoms with Gasteiger partial charge in [0.15, 0.2) is 0 Å². The molecule has 3 aliphatic rings. The zero-order chi connectivity index (χ0) is 22.7. The Balaban J connectivity index is 1.12. The highest BCUT2D eigenvalue weighted by molar-refractivity contribution is 5.88. The van der Waals surface area contributed by atoms with Gasteiger partial charge in [-0.2, -0.15) is 0 Å². The molecule has 4 heteroatoms. The van der Waals surface area contributed by atoms with Crippen LogP contribution in [-0.2, 0) is 15.6 Å². The number of benzene rings is 2. The third-order valence-corrected chi connectivity index (χ3v) is 8.30. The van der Waals surface area contributed by atoms with Crippen LogP contribution in [0.2, 0.25) is 0 Å². The van der Waals surface area contributed by atoms with Crippen molar-refractivity contribution in [2.75, 3.05) is 26.2 Å². The van der Waals surface area contributed by atoms with E-state index in [1.54, 1.807) is 12.1 Å². The van der Waals surface area contributed by atoms with Crippen LogP contribution < -0.4 is 5.32 Å². The van der Waals surface area contributed by atoms with Crippen LogP contribution in [0.3, 0.4) is 0 Å². The lowest BCUT2D eigenvalue weighted by Gasteiger charge is -2.39. The van der Waals surface area contributed by atoms with Crippen molar-refractivity contribution < 1.29 is 9.18 Å². The maximum atomic E-state index is 13.5. The number of fused-ring (bicyclic) bond motifs is 2. The van der Waals surface area contributed by atoms with Crippen molar-refractivity contribution in [3.63, 3.8) is 0 Å². The van der Waals surface area contributed by atoms with Gasteiger partial charge in [-0.1, -0.05) is 67.8 Å². The van der Waals surface area contributed by atoms with E-state index in [1.165, 1.54) is 42.5 Å². The topological polar surface area (TPSA) is 32.3 Å². The van der Waals surface area contributed by atoms with Crippen molar-refractivity contribution in [1.82, 2.24) is 10.2 Å². The van der Waals surface area contributed by atoms with Crippen molar-refractivity contribution in [2.24, 2.45) is 0 Å². The van der Waals surface area contributed by atoms with Gasteiger partial charge in [-0.25, -0.2) is 4.39 Å². The van der Waals surface area contributed by atoms with Gasteiger partial charge in [0.1, 0.15) is 5.82 Å². The summed E-state index contributed by atoms with van der Waals surface area (Å²) in [6, 6.07) is 15.4. The molecular formula is C29H35FN2O. The lowest BCUT2D eigenvalue weighted by molar-refractivity contribution is -0.128. The third kappa shape index (κ3) is 4.38. The van der Waals surface area contributed by atoms with Gasteiger partial charge >= 0.3 is 0 Å². The van der Waals surface area contributed by atoms with Crippen LogP contribution in [0.5, 0.6) is 0 Å². The summed E-state index contributed by atoms with van der Waals surface area (Å²) < 4.78 is 13.5. The molecule has 0 atom stereocenters. The molecule has 1 saturated carbocycles. The first-order chi connectivity index (χ1) is 16.1. The Morgan fingerprint density at radius 3 is 2.42 bits per heavy atom. The van der Waals surface area contributed by atoms with Crippen LogP contribution in [0.4, 0.5) is 4.39 Å². The summed E-state index contributed by atoms with van der Waals surface area (Å²) in [6.45, 7) is 3.93. The van der Waals surface area contributed by atoms with Gasteiger partial charge in [0.2, 0.25) is 5.91 Å². The molecule has 1 N–H and O–H groups in total. The lowest BCUT2D eigenvalue weighted by atomic mass is 9.68. The molecule has 0 aromatic heterocycles. The van der Waals surface area contributed by atoms with E-state index < -0.39 is 5.41 Å². The first-order valence-corrected chi connectivity index (χ1v) is 12.7. The predicted molar refractivity (Wildman–Crippen MR) is 132 cm³/mol. The quantitative estimate of drug-likeness (QED) is 0.586. The Kier molecular flexibility index (Phi) is 6.38. The fourth-order valence-electron chi connectivity index (χ4n) is 6.29. The fourth-order valence-corrected chi connectivity index (χ4v) is 6.29. The molecule has 2 fully saturated rings. The Labute approximate surface area is 197 Å². The van der Waals surface area contributed by atoms with Crippen LogP contribution >= 0.6 is 0 Å². The summed E-state index contributed by atoms with van der Waals surface area (Å²) in [4.78, 5) is 15.9. The number of halogens is 1. The average molecular weight is 447 g/mol. The zero-order valence-electron chi connectivity index (χ0n) is 19.5. The molecule has 174 valence electrons. The number of hydrogen-bond donors (Lipinski definition) is 1. The maximum Gasteiger partial charge on any atom is 0.230 e. The van der Waals surface area contributed by atoms with E-state index in [4.69, 9.17) is 0 Å². The van der Waals surface area contributed by atoms with Gasteiger partial charge in [-0.15, -0.1) is 0 Å². The molecule has 0 radical (unpaired) electrons. The van der Waals surface area contributed by atoms with Gasteiger partial charge < -0.3 is 10.2 Å². The second kappa shape index (κ2) is 9.42. The second-order valence-corrected chi connectivity index (χ2v) is 10.2. The van der Waals surface area contributed by atoms with Gasteiger partial charge in [0.05, 0.1) is 5.41 Å². The number of piperidine rings is 1. The molecule has 0 unspecified atom stereocenters. The summed E-state index contributed by atoms with van der Waals surface area (Å²) in [7, 11) is 0. The first kappa shape index (κ1) is 22.3. The van der Waals surface area contributed by atoms with Gasteiger partial charge in [0, 0.05) is 12.0 Å². The molecule has 2 aliphatic carbocycles. The molecule has 2 aromatic carbocycles. The number of amides is 1. The average Bonchev–Trinajstić information content (AvgIpc) is 3.22. The Morgan fingerprint density at radius 2 is 1.67 bits per heavy atom. The lowest BCUT2D eigenvalue weighted by Crippen LogP contribution is -2.47. The molecule has 0 bridgehead atoms. The highest BCUT2D eigenvalue weighted by Crippen LogP contribution is 2.43. The monoisotopic (exact) mass is 446 g/mol. The van der Waals surface area contributed by atoms with Crippen molar-refractivity contribution in [1.29, 1.82) is 0 Å². The smallest absolute Gasteiger partial charge is 0.230 e. The summed E-state index contributed by atoms with van der Waals surface area (Å²) in [6.07, 6.45) is 13.0. The molecular weight excluding hydrogens is 411 g/mol. The van der Waals surface area contributed by atoms with E-state index in [1.807, 2.05) is 0 Å². The number of nitrogens with one attached hydrogen (secondary N) is 1. The standard InChI is InChI=1S/C29H35FN2O/c30-25-11-9-24(10-12-25)29(14-4-1-5-15-29)27(33)31-19-6-20-32-21-17-28(18-22-32)16-13-23-7-2-3-8-26(23)28/h2-3,7-13,16H,1,4-6,14-15,17-22H2,(H,31,33). The molecule has 1 saturated heterocycles. The van der Waals surface area contributed by atoms with Crippen LogP contribution in [0.1, 0.15) is 68.1 Å². The summed E-state index contributed by atoms with van der Waals surface area (Å²) in [5.41, 5.74) is 3.57. The molecule has 1 heterocycles. The molecule has 1 aliphatic heterocycles.